The molecule has 2 aliphatic rings. The molecule has 5 unspecified atom stereocenters. The topological polar surface area (TPSA) is 153 Å². The Bertz CT molecular complexity index is 757. The number of nitrogens with zero attached hydrogens (tertiary/aromatic N) is 1. The summed E-state index contributed by atoms with van der Waals surface area (Å²) in [7, 11) is 0. The normalized spacial score (nSPS) is 31.1. The zero-order chi connectivity index (χ0) is 19.2. The van der Waals surface area contributed by atoms with Gasteiger partial charge >= 0.3 is 5.97 Å². The van der Waals surface area contributed by atoms with Gasteiger partial charge in [-0.15, -0.1) is 11.8 Å². The lowest BCUT2D eigenvalue weighted by atomic mass is 9.95. The van der Waals surface area contributed by atoms with Gasteiger partial charge in [-0.3, -0.25) is 9.59 Å². The number of hydrogen-bond donors (Lipinski definition) is 5. The highest BCUT2D eigenvalue weighted by Gasteiger charge is 2.65. The first-order chi connectivity index (χ1) is 12.2. The molecule has 0 saturated carbocycles. The van der Waals surface area contributed by atoms with Crippen molar-refractivity contribution in [2.24, 2.45) is 5.73 Å². The molecule has 2 amide bonds. The summed E-state index contributed by atoms with van der Waals surface area (Å²) in [5.74, 6) is -2.26. The van der Waals surface area contributed by atoms with E-state index in [-0.39, 0.29) is 5.75 Å². The second-order valence-corrected chi connectivity index (χ2v) is 8.17. The molecule has 1 aromatic carbocycles. The Morgan fingerprint density at radius 3 is 2.54 bits per heavy atom. The molecule has 140 valence electrons. The molecule has 6 N–H and O–H groups in total. The molecule has 3 rings (SSSR count). The number of nitrogens with one attached hydrogen (secondary N) is 1. The first-order valence-corrected chi connectivity index (χ1v) is 8.76. The lowest BCUT2D eigenvalue weighted by Crippen LogP contribution is -2.71. The average Bonchev–Trinajstić information content (AvgIpc) is 2.90. The summed E-state index contributed by atoms with van der Waals surface area (Å²) in [6.45, 7) is 1.16. The SMILES string of the molecule is CC1(CO)SC2C(NC(=O)C(N)c3ccc(O)cc3)C(=O)N2C1C(=O)O. The van der Waals surface area contributed by atoms with Crippen molar-refractivity contribution in [2.75, 3.05) is 6.61 Å². The molecule has 5 atom stereocenters. The van der Waals surface area contributed by atoms with Crippen LogP contribution < -0.4 is 11.1 Å². The summed E-state index contributed by atoms with van der Waals surface area (Å²) in [5, 5.41) is 30.2. The number of aliphatic carboxylic acids is 1. The van der Waals surface area contributed by atoms with Crippen LogP contribution in [-0.2, 0) is 14.4 Å². The van der Waals surface area contributed by atoms with Crippen molar-refractivity contribution < 1.29 is 29.7 Å². The summed E-state index contributed by atoms with van der Waals surface area (Å²) in [5.41, 5.74) is 6.36. The summed E-state index contributed by atoms with van der Waals surface area (Å²) in [4.78, 5) is 37.4. The number of phenols is 1. The number of carbonyl (C=O) groups is 3. The minimum Gasteiger partial charge on any atom is -0.508 e. The van der Waals surface area contributed by atoms with E-state index in [1.54, 1.807) is 6.92 Å². The summed E-state index contributed by atoms with van der Waals surface area (Å²) >= 11 is 1.15. The Morgan fingerprint density at radius 2 is 2.00 bits per heavy atom. The third-order valence-corrected chi connectivity index (χ3v) is 6.34. The van der Waals surface area contributed by atoms with Crippen molar-refractivity contribution in [1.82, 2.24) is 10.2 Å². The van der Waals surface area contributed by atoms with Crippen LogP contribution in [0.1, 0.15) is 18.5 Å². The first-order valence-electron chi connectivity index (χ1n) is 7.88. The van der Waals surface area contributed by atoms with Crippen LogP contribution in [-0.4, -0.2) is 66.8 Å². The number of carboxylic acid groups (broad SMARTS) is 1. The summed E-state index contributed by atoms with van der Waals surface area (Å²) in [6, 6.07) is 2.71. The number of carboxylic acids is 1. The Balaban J connectivity index is 1.72. The van der Waals surface area contributed by atoms with Crippen LogP contribution in [0.15, 0.2) is 24.3 Å². The van der Waals surface area contributed by atoms with Crippen LogP contribution in [0, 0.1) is 0 Å². The highest BCUT2D eigenvalue weighted by molar-refractivity contribution is 8.01. The van der Waals surface area contributed by atoms with E-state index >= 15 is 0 Å². The van der Waals surface area contributed by atoms with Crippen molar-refractivity contribution in [3.63, 3.8) is 0 Å². The number of thioether (sulfide) groups is 1. The van der Waals surface area contributed by atoms with E-state index in [0.717, 1.165) is 11.8 Å². The third kappa shape index (κ3) is 2.79. The van der Waals surface area contributed by atoms with Gasteiger partial charge in [0, 0.05) is 0 Å². The molecule has 10 heteroatoms. The number of phenolic OH excluding ortho intramolecular Hbond substituents is 1. The molecular formula is C16H19N3O6S. The number of β-lactam (4-membered cyclic amide) rings is 1. The van der Waals surface area contributed by atoms with Crippen molar-refractivity contribution in [2.45, 2.75) is 35.2 Å². The molecule has 2 heterocycles. The predicted octanol–water partition coefficient (Wildman–Crippen LogP) is -1.00. The second-order valence-electron chi connectivity index (χ2n) is 6.52. The molecule has 2 saturated heterocycles. The minimum absolute atomic E-state index is 0.0385. The number of rotatable bonds is 5. The lowest BCUT2D eigenvalue weighted by Gasteiger charge is -2.43. The Morgan fingerprint density at radius 1 is 1.38 bits per heavy atom. The van der Waals surface area contributed by atoms with Gasteiger partial charge in [0.1, 0.15) is 29.2 Å². The fraction of sp³-hybridized carbons (Fsp3) is 0.438. The molecule has 1 aromatic rings. The molecule has 2 aliphatic heterocycles. The maximum absolute atomic E-state index is 12.4. The number of aliphatic hydroxyl groups excluding tert-OH is 1. The Labute approximate surface area is 153 Å². The largest absolute Gasteiger partial charge is 0.508 e. The molecule has 0 aliphatic carbocycles. The smallest absolute Gasteiger partial charge is 0.328 e. The molecule has 9 nitrogen and oxygen atoms in total. The quantitative estimate of drug-likeness (QED) is 0.407. The molecular weight excluding hydrogens is 362 g/mol. The molecule has 2 fully saturated rings. The van der Waals surface area contributed by atoms with Crippen molar-refractivity contribution in [3.05, 3.63) is 29.8 Å². The number of hydrogen-bond acceptors (Lipinski definition) is 7. The van der Waals surface area contributed by atoms with Gasteiger partial charge in [-0.25, -0.2) is 4.79 Å². The van der Waals surface area contributed by atoms with Crippen molar-refractivity contribution in [3.8, 4) is 5.75 Å². The van der Waals surface area contributed by atoms with Gasteiger partial charge in [0.05, 0.1) is 11.4 Å². The maximum Gasteiger partial charge on any atom is 0.328 e. The lowest BCUT2D eigenvalue weighted by molar-refractivity contribution is -0.161. The maximum atomic E-state index is 12.4. The van der Waals surface area contributed by atoms with Gasteiger partial charge in [-0.1, -0.05) is 12.1 Å². The van der Waals surface area contributed by atoms with Gasteiger partial charge in [0.2, 0.25) is 11.8 Å². The van der Waals surface area contributed by atoms with E-state index in [0.29, 0.717) is 5.56 Å². The number of aliphatic hydroxyl groups is 1. The second kappa shape index (κ2) is 6.45. The first kappa shape index (κ1) is 18.5. The van der Waals surface area contributed by atoms with Crippen LogP contribution in [0.25, 0.3) is 0 Å². The van der Waals surface area contributed by atoms with E-state index < -0.39 is 52.6 Å². The van der Waals surface area contributed by atoms with E-state index in [1.807, 2.05) is 0 Å². The van der Waals surface area contributed by atoms with Gasteiger partial charge in [-0.05, 0) is 24.6 Å². The number of amides is 2. The minimum atomic E-state index is -1.20. The van der Waals surface area contributed by atoms with Crippen LogP contribution in [0.3, 0.4) is 0 Å². The van der Waals surface area contributed by atoms with Crippen molar-refractivity contribution >= 4 is 29.5 Å². The highest BCUT2D eigenvalue weighted by Crippen LogP contribution is 2.50. The Hall–Kier alpha value is -2.30. The Kier molecular flexibility index (Phi) is 4.59. The fourth-order valence-electron chi connectivity index (χ4n) is 3.23. The molecule has 0 spiro atoms. The standard InChI is InChI=1S/C16H19N3O6S/c1-16(6-20)11(15(24)25)19-13(23)10(14(19)26-16)18-12(22)9(17)7-2-4-8(21)5-3-7/h2-5,9-11,14,20-21H,6,17H2,1H3,(H,18,22)(H,24,25). The number of carbonyl (C=O) groups excluding carboxylic acids is 2. The number of benzene rings is 1. The monoisotopic (exact) mass is 381 g/mol. The van der Waals surface area contributed by atoms with Crippen LogP contribution in [0.5, 0.6) is 5.75 Å². The van der Waals surface area contributed by atoms with E-state index in [4.69, 9.17) is 5.73 Å². The van der Waals surface area contributed by atoms with Gasteiger partial charge in [0.15, 0.2) is 0 Å². The fourth-order valence-corrected chi connectivity index (χ4v) is 4.86. The van der Waals surface area contributed by atoms with Gasteiger partial charge < -0.3 is 31.3 Å². The predicted molar refractivity (Wildman–Crippen MR) is 92.1 cm³/mol. The third-order valence-electron chi connectivity index (χ3n) is 4.71. The average molecular weight is 381 g/mol. The summed E-state index contributed by atoms with van der Waals surface area (Å²) in [6.07, 6.45) is 0. The zero-order valence-corrected chi connectivity index (χ0v) is 14.6. The van der Waals surface area contributed by atoms with Crippen LogP contribution in [0.2, 0.25) is 0 Å². The van der Waals surface area contributed by atoms with E-state index in [2.05, 4.69) is 5.32 Å². The number of aromatic hydroxyl groups is 1. The molecule has 0 aromatic heterocycles. The zero-order valence-electron chi connectivity index (χ0n) is 13.8. The van der Waals surface area contributed by atoms with Crippen LogP contribution in [0.4, 0.5) is 0 Å². The summed E-state index contributed by atoms with van der Waals surface area (Å²) < 4.78 is -1.05. The molecule has 0 radical (unpaired) electrons. The van der Waals surface area contributed by atoms with E-state index in [9.17, 15) is 29.7 Å². The number of nitrogens with two attached hydrogens (primary N) is 1. The highest BCUT2D eigenvalue weighted by atomic mass is 32.2. The molecule has 26 heavy (non-hydrogen) atoms. The van der Waals surface area contributed by atoms with Crippen molar-refractivity contribution in [1.29, 1.82) is 0 Å². The van der Waals surface area contributed by atoms with Gasteiger partial charge in [0.25, 0.3) is 0 Å². The van der Waals surface area contributed by atoms with E-state index in [1.165, 1.54) is 29.2 Å². The van der Waals surface area contributed by atoms with Gasteiger partial charge in [-0.2, -0.15) is 0 Å². The number of fused-ring (bicyclic) bond motifs is 1. The molecule has 0 bridgehead atoms. The van der Waals surface area contributed by atoms with Crippen LogP contribution >= 0.6 is 11.8 Å².